The van der Waals surface area contributed by atoms with Crippen molar-refractivity contribution >= 4 is 39.4 Å². The summed E-state index contributed by atoms with van der Waals surface area (Å²) in [6, 6.07) is 7.79. The van der Waals surface area contributed by atoms with E-state index in [4.69, 9.17) is 17.3 Å². The van der Waals surface area contributed by atoms with Crippen molar-refractivity contribution in [1.82, 2.24) is 4.98 Å². The summed E-state index contributed by atoms with van der Waals surface area (Å²) in [5.74, 6) is 0.677. The van der Waals surface area contributed by atoms with E-state index in [0.29, 0.717) is 15.9 Å². The molecule has 0 spiro atoms. The van der Waals surface area contributed by atoms with E-state index in [1.807, 2.05) is 24.3 Å². The molecule has 0 aliphatic carbocycles. The molecule has 5 heteroatoms. The molecule has 2 N–H and O–H groups in total. The fourth-order valence-electron chi connectivity index (χ4n) is 1.53. The van der Waals surface area contributed by atoms with Crippen LogP contribution >= 0.6 is 23.4 Å². The summed E-state index contributed by atoms with van der Waals surface area (Å²) in [5, 5.41) is 2.35. The zero-order valence-electron chi connectivity index (χ0n) is 9.35. The Labute approximate surface area is 109 Å². The SMILES string of the molecule is CN=C(N)SCc1c(Cl)ccc2cccnc12. The maximum atomic E-state index is 6.20. The summed E-state index contributed by atoms with van der Waals surface area (Å²) in [7, 11) is 1.67. The summed E-state index contributed by atoms with van der Waals surface area (Å²) in [4.78, 5) is 8.27. The second-order valence-electron chi connectivity index (χ2n) is 3.45. The van der Waals surface area contributed by atoms with E-state index in [9.17, 15) is 0 Å². The third-order valence-corrected chi connectivity index (χ3v) is 3.67. The Balaban J connectivity index is 2.41. The van der Waals surface area contributed by atoms with Gasteiger partial charge in [-0.1, -0.05) is 35.5 Å². The van der Waals surface area contributed by atoms with Gasteiger partial charge in [0, 0.05) is 35.0 Å². The molecule has 0 bridgehead atoms. The lowest BCUT2D eigenvalue weighted by molar-refractivity contribution is 1.35. The summed E-state index contributed by atoms with van der Waals surface area (Å²) in [6.45, 7) is 0. The van der Waals surface area contributed by atoms with Crippen LogP contribution in [0, 0.1) is 0 Å². The van der Waals surface area contributed by atoms with Crippen molar-refractivity contribution in [2.24, 2.45) is 10.7 Å². The summed E-state index contributed by atoms with van der Waals surface area (Å²) in [6.07, 6.45) is 1.77. The first-order valence-corrected chi connectivity index (χ1v) is 6.46. The number of aliphatic imine (C=N–C) groups is 1. The van der Waals surface area contributed by atoms with Gasteiger partial charge in [0.2, 0.25) is 0 Å². The van der Waals surface area contributed by atoms with Crippen LogP contribution < -0.4 is 5.73 Å². The van der Waals surface area contributed by atoms with Gasteiger partial charge in [-0.15, -0.1) is 0 Å². The molecular formula is C12H12ClN3S. The molecule has 88 valence electrons. The van der Waals surface area contributed by atoms with Gasteiger partial charge in [-0.2, -0.15) is 0 Å². The number of halogens is 1. The van der Waals surface area contributed by atoms with E-state index in [2.05, 4.69) is 9.98 Å². The zero-order chi connectivity index (χ0) is 12.3. The lowest BCUT2D eigenvalue weighted by atomic mass is 10.1. The van der Waals surface area contributed by atoms with Crippen LogP contribution in [0.4, 0.5) is 0 Å². The standard InChI is InChI=1S/C12H12ClN3S/c1-15-12(14)17-7-9-10(13)5-4-8-3-2-6-16-11(8)9/h2-6H,7H2,1H3,(H2,14,15). The van der Waals surface area contributed by atoms with Crippen LogP contribution in [0.2, 0.25) is 5.02 Å². The zero-order valence-corrected chi connectivity index (χ0v) is 10.9. The van der Waals surface area contributed by atoms with Gasteiger partial charge in [-0.05, 0) is 12.1 Å². The highest BCUT2D eigenvalue weighted by atomic mass is 35.5. The van der Waals surface area contributed by atoms with E-state index in [0.717, 1.165) is 16.5 Å². The smallest absolute Gasteiger partial charge is 0.153 e. The third kappa shape index (κ3) is 2.70. The van der Waals surface area contributed by atoms with Gasteiger partial charge >= 0.3 is 0 Å². The molecule has 0 aliphatic rings. The molecule has 0 fully saturated rings. The van der Waals surface area contributed by atoms with Gasteiger partial charge < -0.3 is 5.73 Å². The molecule has 0 radical (unpaired) electrons. The number of nitrogens with zero attached hydrogens (tertiary/aromatic N) is 2. The average Bonchev–Trinajstić information content (AvgIpc) is 2.37. The fourth-order valence-corrected chi connectivity index (χ4v) is 2.54. The minimum Gasteiger partial charge on any atom is -0.379 e. The minimum atomic E-state index is 0.550. The van der Waals surface area contributed by atoms with Crippen LogP contribution in [0.3, 0.4) is 0 Å². The van der Waals surface area contributed by atoms with Crippen LogP contribution in [0.1, 0.15) is 5.56 Å². The Morgan fingerprint density at radius 2 is 2.29 bits per heavy atom. The summed E-state index contributed by atoms with van der Waals surface area (Å²) < 4.78 is 0. The van der Waals surface area contributed by atoms with Crippen molar-refractivity contribution < 1.29 is 0 Å². The molecule has 2 aromatic rings. The topological polar surface area (TPSA) is 51.3 Å². The summed E-state index contributed by atoms with van der Waals surface area (Å²) in [5.41, 5.74) is 7.59. The number of hydrogen-bond donors (Lipinski definition) is 1. The van der Waals surface area contributed by atoms with E-state index in [-0.39, 0.29) is 0 Å². The molecule has 0 amide bonds. The second-order valence-corrected chi connectivity index (χ2v) is 4.85. The lowest BCUT2D eigenvalue weighted by Crippen LogP contribution is -2.06. The number of thioether (sulfide) groups is 1. The van der Waals surface area contributed by atoms with Crippen molar-refractivity contribution in [1.29, 1.82) is 0 Å². The predicted octanol–water partition coefficient (Wildman–Crippen LogP) is 3.07. The van der Waals surface area contributed by atoms with Gasteiger partial charge in [0.15, 0.2) is 5.17 Å². The van der Waals surface area contributed by atoms with Crippen molar-refractivity contribution in [2.75, 3.05) is 7.05 Å². The Kier molecular flexibility index (Phi) is 3.86. The van der Waals surface area contributed by atoms with Crippen molar-refractivity contribution in [3.63, 3.8) is 0 Å². The number of nitrogens with two attached hydrogens (primary N) is 1. The van der Waals surface area contributed by atoms with Crippen LogP contribution in [-0.2, 0) is 5.75 Å². The summed E-state index contributed by atoms with van der Waals surface area (Å²) >= 11 is 7.66. The Hall–Kier alpha value is -1.26. The van der Waals surface area contributed by atoms with Crippen LogP contribution in [-0.4, -0.2) is 17.2 Å². The third-order valence-electron chi connectivity index (χ3n) is 2.41. The number of benzene rings is 1. The highest BCUT2D eigenvalue weighted by Crippen LogP contribution is 2.28. The molecule has 0 unspecified atom stereocenters. The van der Waals surface area contributed by atoms with Crippen LogP contribution in [0.5, 0.6) is 0 Å². The second kappa shape index (κ2) is 5.38. The van der Waals surface area contributed by atoms with E-state index >= 15 is 0 Å². The first kappa shape index (κ1) is 12.2. The number of amidine groups is 1. The van der Waals surface area contributed by atoms with Gasteiger partial charge in [-0.3, -0.25) is 9.98 Å². The quantitative estimate of drug-likeness (QED) is 0.671. The van der Waals surface area contributed by atoms with E-state index in [1.165, 1.54) is 11.8 Å². The maximum absolute atomic E-state index is 6.20. The molecule has 17 heavy (non-hydrogen) atoms. The highest BCUT2D eigenvalue weighted by molar-refractivity contribution is 8.13. The Bertz CT molecular complexity index is 569. The normalized spacial score (nSPS) is 12.0. The van der Waals surface area contributed by atoms with Gasteiger partial charge in [-0.25, -0.2) is 0 Å². The molecule has 1 heterocycles. The van der Waals surface area contributed by atoms with Crippen molar-refractivity contribution in [3.05, 3.63) is 41.0 Å². The fraction of sp³-hybridized carbons (Fsp3) is 0.167. The molecule has 0 atom stereocenters. The van der Waals surface area contributed by atoms with Gasteiger partial charge in [0.1, 0.15) is 0 Å². The molecule has 1 aromatic heterocycles. The number of rotatable bonds is 2. The number of hydrogen-bond acceptors (Lipinski definition) is 3. The molecule has 2 rings (SSSR count). The first-order chi connectivity index (χ1) is 8.22. The lowest BCUT2D eigenvalue weighted by Gasteiger charge is -2.07. The Morgan fingerprint density at radius 3 is 3.06 bits per heavy atom. The predicted molar refractivity (Wildman–Crippen MR) is 75.6 cm³/mol. The molecule has 0 saturated heterocycles. The Morgan fingerprint density at radius 1 is 1.47 bits per heavy atom. The van der Waals surface area contributed by atoms with Gasteiger partial charge in [0.05, 0.1) is 5.52 Å². The largest absolute Gasteiger partial charge is 0.379 e. The number of pyridine rings is 1. The van der Waals surface area contributed by atoms with Crippen LogP contribution in [0.15, 0.2) is 35.5 Å². The maximum Gasteiger partial charge on any atom is 0.153 e. The molecule has 0 aliphatic heterocycles. The van der Waals surface area contributed by atoms with E-state index in [1.54, 1.807) is 13.2 Å². The number of fused-ring (bicyclic) bond motifs is 1. The molecular weight excluding hydrogens is 254 g/mol. The number of aromatic nitrogens is 1. The molecule has 3 nitrogen and oxygen atoms in total. The first-order valence-electron chi connectivity index (χ1n) is 5.09. The minimum absolute atomic E-state index is 0.550. The van der Waals surface area contributed by atoms with Gasteiger partial charge in [0.25, 0.3) is 0 Å². The van der Waals surface area contributed by atoms with Crippen LogP contribution in [0.25, 0.3) is 10.9 Å². The van der Waals surface area contributed by atoms with E-state index < -0.39 is 0 Å². The molecule has 0 saturated carbocycles. The monoisotopic (exact) mass is 265 g/mol. The average molecular weight is 266 g/mol. The highest BCUT2D eigenvalue weighted by Gasteiger charge is 2.08. The van der Waals surface area contributed by atoms with Crippen molar-refractivity contribution in [3.8, 4) is 0 Å². The van der Waals surface area contributed by atoms with Crippen molar-refractivity contribution in [2.45, 2.75) is 5.75 Å². The molecule has 1 aromatic carbocycles.